The number of rotatable bonds is 7. The molecule has 1 aliphatic rings. The van der Waals surface area contributed by atoms with Crippen LogP contribution in [0.1, 0.15) is 52.9 Å². The highest BCUT2D eigenvalue weighted by molar-refractivity contribution is 5.24. The molecule has 0 fully saturated rings. The van der Waals surface area contributed by atoms with Crippen LogP contribution >= 0.6 is 0 Å². The molecule has 0 aliphatic heterocycles. The van der Waals surface area contributed by atoms with Crippen molar-refractivity contribution in [1.82, 2.24) is 4.90 Å². The molecule has 0 aromatic heterocycles. The molecule has 1 aliphatic carbocycles. The molecule has 106 valence electrons. The number of aliphatic hydroxyl groups excluding tert-OH is 2. The van der Waals surface area contributed by atoms with Crippen molar-refractivity contribution in [2.75, 3.05) is 13.1 Å². The van der Waals surface area contributed by atoms with E-state index in [9.17, 15) is 15.3 Å². The van der Waals surface area contributed by atoms with E-state index in [-0.39, 0.29) is 5.76 Å². The average molecular weight is 257 g/mol. The first kappa shape index (κ1) is 15.3. The van der Waals surface area contributed by atoms with Crippen molar-refractivity contribution in [2.24, 2.45) is 0 Å². The van der Waals surface area contributed by atoms with Gasteiger partial charge in [0.05, 0.1) is 5.70 Å². The second kappa shape index (κ2) is 6.43. The first-order valence-corrected chi connectivity index (χ1v) is 7.01. The Morgan fingerprint density at radius 1 is 1.22 bits per heavy atom. The van der Waals surface area contributed by atoms with Crippen molar-refractivity contribution in [1.29, 1.82) is 0 Å². The summed E-state index contributed by atoms with van der Waals surface area (Å²) in [6, 6.07) is 0. The molecule has 2 atom stereocenters. The van der Waals surface area contributed by atoms with Gasteiger partial charge in [0.1, 0.15) is 17.5 Å². The number of unbranched alkanes of at least 4 members (excludes halogenated alkanes) is 2. The van der Waals surface area contributed by atoms with Gasteiger partial charge >= 0.3 is 0 Å². The van der Waals surface area contributed by atoms with Crippen LogP contribution in [0.5, 0.6) is 0 Å². The lowest BCUT2D eigenvalue weighted by Crippen LogP contribution is -2.36. The van der Waals surface area contributed by atoms with Crippen LogP contribution in [0.3, 0.4) is 0 Å². The fourth-order valence-corrected chi connectivity index (χ4v) is 2.33. The average Bonchev–Trinajstić information content (AvgIpc) is 2.53. The van der Waals surface area contributed by atoms with Crippen LogP contribution in [-0.4, -0.2) is 45.0 Å². The largest absolute Gasteiger partial charge is 0.508 e. The molecule has 1 rings (SSSR count). The Morgan fingerprint density at radius 3 is 2.06 bits per heavy atom. The van der Waals surface area contributed by atoms with Crippen molar-refractivity contribution < 1.29 is 15.3 Å². The monoisotopic (exact) mass is 257 g/mol. The standard InChI is InChI=1S/C14H27NO3/c1-4-6-8-15(9-7-5-2)11-10-14(3,18)13(17)12(11)16/h13,16-18H,4-10H2,1-3H3. The van der Waals surface area contributed by atoms with Gasteiger partial charge < -0.3 is 20.2 Å². The van der Waals surface area contributed by atoms with Gasteiger partial charge in [0.2, 0.25) is 0 Å². The maximum absolute atomic E-state index is 10.0. The highest BCUT2D eigenvalue weighted by atomic mass is 16.4. The lowest BCUT2D eigenvalue weighted by molar-refractivity contribution is -0.0437. The molecule has 3 N–H and O–H groups in total. The van der Waals surface area contributed by atoms with Gasteiger partial charge in [-0.2, -0.15) is 0 Å². The second-order valence-corrected chi connectivity index (χ2v) is 5.46. The molecule has 4 nitrogen and oxygen atoms in total. The van der Waals surface area contributed by atoms with E-state index in [0.29, 0.717) is 6.42 Å². The molecule has 0 heterocycles. The lowest BCUT2D eigenvalue weighted by atomic mass is 10.0. The summed E-state index contributed by atoms with van der Waals surface area (Å²) in [4.78, 5) is 2.12. The minimum atomic E-state index is -1.24. The zero-order valence-corrected chi connectivity index (χ0v) is 11.8. The summed E-state index contributed by atoms with van der Waals surface area (Å²) in [5.74, 6) is -0.0489. The van der Waals surface area contributed by atoms with E-state index in [0.717, 1.165) is 44.5 Å². The maximum Gasteiger partial charge on any atom is 0.143 e. The Kier molecular flexibility index (Phi) is 5.47. The van der Waals surface area contributed by atoms with E-state index in [2.05, 4.69) is 18.7 Å². The van der Waals surface area contributed by atoms with Gasteiger partial charge in [-0.25, -0.2) is 0 Å². The van der Waals surface area contributed by atoms with Gasteiger partial charge in [-0.3, -0.25) is 0 Å². The third kappa shape index (κ3) is 3.39. The second-order valence-electron chi connectivity index (χ2n) is 5.46. The minimum Gasteiger partial charge on any atom is -0.508 e. The topological polar surface area (TPSA) is 63.9 Å². The predicted molar refractivity (Wildman–Crippen MR) is 72.3 cm³/mol. The van der Waals surface area contributed by atoms with Crippen molar-refractivity contribution in [3.05, 3.63) is 11.5 Å². The Balaban J connectivity index is 2.78. The third-order valence-electron chi connectivity index (χ3n) is 3.61. The Labute approximate surface area is 110 Å². The summed E-state index contributed by atoms with van der Waals surface area (Å²) in [6.07, 6.45) is 3.47. The fourth-order valence-electron chi connectivity index (χ4n) is 2.33. The Bertz CT molecular complexity index is 291. The van der Waals surface area contributed by atoms with Crippen LogP contribution in [0.2, 0.25) is 0 Å². The minimum absolute atomic E-state index is 0.0489. The molecule has 0 spiro atoms. The molecule has 4 heteroatoms. The van der Waals surface area contributed by atoms with E-state index in [1.807, 2.05) is 0 Å². The highest BCUT2D eigenvalue weighted by Crippen LogP contribution is 2.35. The van der Waals surface area contributed by atoms with Gasteiger partial charge in [0.25, 0.3) is 0 Å². The van der Waals surface area contributed by atoms with Crippen LogP contribution in [0.25, 0.3) is 0 Å². The van der Waals surface area contributed by atoms with Crippen molar-refractivity contribution in [3.8, 4) is 0 Å². The third-order valence-corrected chi connectivity index (χ3v) is 3.61. The SMILES string of the molecule is CCCCN(CCCC)C1=C(O)C(O)C(C)(O)C1. The van der Waals surface area contributed by atoms with E-state index in [1.165, 1.54) is 0 Å². The summed E-state index contributed by atoms with van der Waals surface area (Å²) < 4.78 is 0. The van der Waals surface area contributed by atoms with Gasteiger partial charge in [0, 0.05) is 19.5 Å². The smallest absolute Gasteiger partial charge is 0.143 e. The van der Waals surface area contributed by atoms with Crippen LogP contribution in [-0.2, 0) is 0 Å². The van der Waals surface area contributed by atoms with Crippen LogP contribution in [0.4, 0.5) is 0 Å². The van der Waals surface area contributed by atoms with E-state index in [4.69, 9.17) is 0 Å². The molecule has 0 amide bonds. The quantitative estimate of drug-likeness (QED) is 0.654. The molecular formula is C14H27NO3. The molecule has 0 radical (unpaired) electrons. The number of hydrogen-bond donors (Lipinski definition) is 3. The molecular weight excluding hydrogens is 230 g/mol. The zero-order valence-electron chi connectivity index (χ0n) is 11.8. The van der Waals surface area contributed by atoms with Gasteiger partial charge in [0.15, 0.2) is 0 Å². The summed E-state index contributed by atoms with van der Waals surface area (Å²) in [5.41, 5.74) is -0.523. The normalized spacial score (nSPS) is 27.9. The summed E-state index contributed by atoms with van der Waals surface area (Å²) in [7, 11) is 0. The summed E-state index contributed by atoms with van der Waals surface area (Å²) in [5, 5.41) is 29.8. The molecule has 2 unspecified atom stereocenters. The first-order chi connectivity index (χ1) is 8.44. The molecule has 0 saturated carbocycles. The first-order valence-electron chi connectivity index (χ1n) is 7.01. The molecule has 18 heavy (non-hydrogen) atoms. The van der Waals surface area contributed by atoms with E-state index in [1.54, 1.807) is 6.92 Å². The van der Waals surface area contributed by atoms with Crippen molar-refractivity contribution in [3.63, 3.8) is 0 Å². The lowest BCUT2D eigenvalue weighted by Gasteiger charge is -2.27. The van der Waals surface area contributed by atoms with Crippen LogP contribution in [0, 0.1) is 0 Å². The van der Waals surface area contributed by atoms with Gasteiger partial charge in [-0.15, -0.1) is 0 Å². The fraction of sp³-hybridized carbons (Fsp3) is 0.857. The molecule has 0 bridgehead atoms. The van der Waals surface area contributed by atoms with Gasteiger partial charge in [-0.05, 0) is 19.8 Å². The van der Waals surface area contributed by atoms with Crippen LogP contribution < -0.4 is 0 Å². The molecule has 0 aromatic carbocycles. The number of nitrogens with zero attached hydrogens (tertiary/aromatic N) is 1. The van der Waals surface area contributed by atoms with Gasteiger partial charge in [-0.1, -0.05) is 26.7 Å². The highest BCUT2D eigenvalue weighted by Gasteiger charge is 2.43. The molecule has 0 saturated heterocycles. The van der Waals surface area contributed by atoms with E-state index < -0.39 is 11.7 Å². The Morgan fingerprint density at radius 2 is 1.72 bits per heavy atom. The number of aliphatic hydroxyl groups is 3. The summed E-state index contributed by atoms with van der Waals surface area (Å²) in [6.45, 7) is 7.58. The van der Waals surface area contributed by atoms with Crippen molar-refractivity contribution in [2.45, 2.75) is 64.6 Å². The Hall–Kier alpha value is -0.740. The van der Waals surface area contributed by atoms with E-state index >= 15 is 0 Å². The predicted octanol–water partition coefficient (Wildman–Crippen LogP) is 2.17. The van der Waals surface area contributed by atoms with Crippen molar-refractivity contribution >= 4 is 0 Å². The maximum atomic E-state index is 10.0. The van der Waals surface area contributed by atoms with Crippen LogP contribution in [0.15, 0.2) is 11.5 Å². The zero-order chi connectivity index (χ0) is 13.8. The number of hydrogen-bond acceptors (Lipinski definition) is 4. The molecule has 0 aromatic rings. The summed E-state index contributed by atoms with van der Waals surface area (Å²) >= 11 is 0.